The molecule has 0 unspecified atom stereocenters. The van der Waals surface area contributed by atoms with Crippen LogP contribution in [-0.2, 0) is 11.2 Å². The van der Waals surface area contributed by atoms with Gasteiger partial charge in [0.1, 0.15) is 0 Å². The summed E-state index contributed by atoms with van der Waals surface area (Å²) in [4.78, 5) is 32.7. The van der Waals surface area contributed by atoms with E-state index in [0.29, 0.717) is 22.8 Å². The number of halogens is 1. The molecular weight excluding hydrogens is 398 g/mol. The SMILES string of the molecule is O=C(N[C@@H]1N=C(c2ccccc2)c2cccc3c2N(CC3)C1=O)c1ccccc1Cl. The molecule has 5 nitrogen and oxygen atoms in total. The molecular formula is C24H18ClN3O2. The first kappa shape index (κ1) is 18.6. The maximum absolute atomic E-state index is 13.4. The van der Waals surface area contributed by atoms with Crippen molar-refractivity contribution in [3.05, 3.63) is 100 Å². The molecule has 0 saturated carbocycles. The predicted molar refractivity (Wildman–Crippen MR) is 117 cm³/mol. The van der Waals surface area contributed by atoms with E-state index in [-0.39, 0.29) is 5.91 Å². The first-order valence-electron chi connectivity index (χ1n) is 9.76. The number of benzene rings is 3. The molecule has 6 heteroatoms. The lowest BCUT2D eigenvalue weighted by Crippen LogP contribution is -2.47. The molecule has 148 valence electrons. The number of nitrogens with one attached hydrogen (secondary N) is 1. The van der Waals surface area contributed by atoms with E-state index in [0.717, 1.165) is 28.8 Å². The fourth-order valence-electron chi connectivity index (χ4n) is 4.04. The third kappa shape index (κ3) is 3.08. The summed E-state index contributed by atoms with van der Waals surface area (Å²) < 4.78 is 0. The maximum Gasteiger partial charge on any atom is 0.272 e. The van der Waals surface area contributed by atoms with E-state index >= 15 is 0 Å². The van der Waals surface area contributed by atoms with E-state index in [1.807, 2.05) is 48.5 Å². The highest BCUT2D eigenvalue weighted by Gasteiger charge is 2.37. The largest absolute Gasteiger partial charge is 0.322 e. The number of carbonyl (C=O) groups is 2. The number of para-hydroxylation sites is 1. The molecule has 0 bridgehead atoms. The number of hydrogen-bond acceptors (Lipinski definition) is 3. The van der Waals surface area contributed by atoms with Gasteiger partial charge in [-0.1, -0.05) is 72.3 Å². The zero-order chi connectivity index (χ0) is 20.7. The van der Waals surface area contributed by atoms with E-state index in [1.54, 1.807) is 29.2 Å². The minimum atomic E-state index is -1.04. The smallest absolute Gasteiger partial charge is 0.272 e. The van der Waals surface area contributed by atoms with Crippen molar-refractivity contribution in [1.29, 1.82) is 0 Å². The average molecular weight is 416 g/mol. The zero-order valence-electron chi connectivity index (χ0n) is 16.0. The molecule has 2 aliphatic rings. The van der Waals surface area contributed by atoms with Crippen molar-refractivity contribution in [2.24, 2.45) is 4.99 Å². The van der Waals surface area contributed by atoms with Crippen molar-refractivity contribution < 1.29 is 9.59 Å². The van der Waals surface area contributed by atoms with Crippen LogP contribution in [0.5, 0.6) is 0 Å². The molecule has 2 heterocycles. The fourth-order valence-corrected chi connectivity index (χ4v) is 4.26. The van der Waals surface area contributed by atoms with Gasteiger partial charge in [-0.2, -0.15) is 0 Å². The Morgan fingerprint density at radius 3 is 2.57 bits per heavy atom. The summed E-state index contributed by atoms with van der Waals surface area (Å²) in [7, 11) is 0. The van der Waals surface area contributed by atoms with Crippen LogP contribution in [0.2, 0.25) is 5.02 Å². The minimum absolute atomic E-state index is 0.243. The van der Waals surface area contributed by atoms with Gasteiger partial charge in [0.05, 0.1) is 22.0 Å². The van der Waals surface area contributed by atoms with E-state index in [1.165, 1.54) is 0 Å². The lowest BCUT2D eigenvalue weighted by atomic mass is 9.98. The van der Waals surface area contributed by atoms with Crippen LogP contribution in [0.1, 0.15) is 27.0 Å². The summed E-state index contributed by atoms with van der Waals surface area (Å²) >= 11 is 6.18. The second kappa shape index (κ2) is 7.43. The monoisotopic (exact) mass is 415 g/mol. The van der Waals surface area contributed by atoms with Gasteiger partial charge in [0.25, 0.3) is 11.8 Å². The molecule has 0 aromatic heterocycles. The number of anilines is 1. The number of amides is 2. The van der Waals surface area contributed by atoms with Crippen molar-refractivity contribution in [3.8, 4) is 0 Å². The lowest BCUT2D eigenvalue weighted by Gasteiger charge is -2.21. The van der Waals surface area contributed by atoms with Crippen LogP contribution in [0.3, 0.4) is 0 Å². The summed E-state index contributed by atoms with van der Waals surface area (Å²) in [5.74, 6) is -0.673. The van der Waals surface area contributed by atoms with Crippen molar-refractivity contribution in [2.45, 2.75) is 12.6 Å². The Labute approximate surface area is 179 Å². The minimum Gasteiger partial charge on any atom is -0.322 e. The Morgan fingerprint density at radius 2 is 1.77 bits per heavy atom. The van der Waals surface area contributed by atoms with E-state index in [2.05, 4.69) is 5.32 Å². The van der Waals surface area contributed by atoms with E-state index in [9.17, 15) is 9.59 Å². The highest BCUT2D eigenvalue weighted by molar-refractivity contribution is 6.34. The number of carbonyl (C=O) groups excluding carboxylic acids is 2. The zero-order valence-corrected chi connectivity index (χ0v) is 16.8. The molecule has 0 saturated heterocycles. The highest BCUT2D eigenvalue weighted by atomic mass is 35.5. The van der Waals surface area contributed by atoms with Crippen molar-refractivity contribution >= 4 is 34.8 Å². The van der Waals surface area contributed by atoms with Crippen LogP contribution >= 0.6 is 11.6 Å². The average Bonchev–Trinajstić information content (AvgIpc) is 3.16. The van der Waals surface area contributed by atoms with Crippen LogP contribution in [0, 0.1) is 0 Å². The van der Waals surface area contributed by atoms with Gasteiger partial charge in [0.2, 0.25) is 6.17 Å². The first-order valence-corrected chi connectivity index (χ1v) is 10.1. The normalized spacial score (nSPS) is 17.2. The number of nitrogens with zero attached hydrogens (tertiary/aromatic N) is 2. The first-order chi connectivity index (χ1) is 14.6. The molecule has 3 aromatic carbocycles. The van der Waals surface area contributed by atoms with Gasteiger partial charge in [-0.15, -0.1) is 0 Å². The number of rotatable bonds is 3. The van der Waals surface area contributed by atoms with Crippen LogP contribution in [0.4, 0.5) is 5.69 Å². The fraction of sp³-hybridized carbons (Fsp3) is 0.125. The number of aliphatic imine (C=N–C) groups is 1. The van der Waals surface area contributed by atoms with Crippen LogP contribution in [-0.4, -0.2) is 30.2 Å². The second-order valence-corrected chi connectivity index (χ2v) is 7.66. The molecule has 5 rings (SSSR count). The molecule has 1 N–H and O–H groups in total. The van der Waals surface area contributed by atoms with Gasteiger partial charge >= 0.3 is 0 Å². The van der Waals surface area contributed by atoms with Gasteiger partial charge in [0.15, 0.2) is 0 Å². The lowest BCUT2D eigenvalue weighted by molar-refractivity contribution is -0.120. The van der Waals surface area contributed by atoms with Gasteiger partial charge in [-0.05, 0) is 24.1 Å². The molecule has 0 fully saturated rings. The summed E-state index contributed by atoms with van der Waals surface area (Å²) in [6.07, 6.45) is -0.260. The highest BCUT2D eigenvalue weighted by Crippen LogP contribution is 2.36. The van der Waals surface area contributed by atoms with Crippen LogP contribution in [0.15, 0.2) is 77.8 Å². The molecule has 1 atom stereocenters. The summed E-state index contributed by atoms with van der Waals surface area (Å²) in [5, 5.41) is 3.11. The van der Waals surface area contributed by atoms with Crippen LogP contribution in [0.25, 0.3) is 0 Å². The third-order valence-electron chi connectivity index (χ3n) is 5.44. The molecule has 0 spiro atoms. The number of hydrogen-bond donors (Lipinski definition) is 1. The Kier molecular flexibility index (Phi) is 4.60. The Hall–Kier alpha value is -3.44. The Morgan fingerprint density at radius 1 is 1.00 bits per heavy atom. The molecule has 2 aliphatic heterocycles. The quantitative estimate of drug-likeness (QED) is 0.706. The topological polar surface area (TPSA) is 61.8 Å². The van der Waals surface area contributed by atoms with E-state index < -0.39 is 12.1 Å². The predicted octanol–water partition coefficient (Wildman–Crippen LogP) is 3.84. The third-order valence-corrected chi connectivity index (χ3v) is 5.77. The molecule has 3 aromatic rings. The second-order valence-electron chi connectivity index (χ2n) is 7.25. The van der Waals surface area contributed by atoms with Gasteiger partial charge in [-0.3, -0.25) is 9.59 Å². The van der Waals surface area contributed by atoms with Gasteiger partial charge in [0, 0.05) is 17.7 Å². The van der Waals surface area contributed by atoms with Crippen molar-refractivity contribution in [2.75, 3.05) is 11.4 Å². The van der Waals surface area contributed by atoms with Crippen molar-refractivity contribution in [3.63, 3.8) is 0 Å². The molecule has 2 amide bonds. The summed E-state index contributed by atoms with van der Waals surface area (Å²) in [6.45, 7) is 0.571. The standard InChI is InChI=1S/C24H18ClN3O2/c25-19-12-5-4-10-17(19)23(29)27-22-24(30)28-14-13-16-9-6-11-18(21(16)28)20(26-22)15-7-2-1-3-8-15/h1-12,22H,13-14H2,(H,27,29)/t22-/m0/s1. The van der Waals surface area contributed by atoms with Gasteiger partial charge in [-0.25, -0.2) is 4.99 Å². The molecule has 0 radical (unpaired) electrons. The van der Waals surface area contributed by atoms with Crippen molar-refractivity contribution in [1.82, 2.24) is 5.32 Å². The van der Waals surface area contributed by atoms with Gasteiger partial charge < -0.3 is 10.2 Å². The Bertz CT molecular complexity index is 1190. The van der Waals surface area contributed by atoms with Crippen LogP contribution < -0.4 is 10.2 Å². The Balaban J connectivity index is 1.61. The molecule has 30 heavy (non-hydrogen) atoms. The maximum atomic E-state index is 13.4. The molecule has 0 aliphatic carbocycles. The summed E-state index contributed by atoms with van der Waals surface area (Å²) in [5.41, 5.74) is 4.80. The summed E-state index contributed by atoms with van der Waals surface area (Å²) in [6, 6.07) is 22.5. The van der Waals surface area contributed by atoms with E-state index in [4.69, 9.17) is 16.6 Å².